The first kappa shape index (κ1) is 14.6. The number of hydrogen-bond donors (Lipinski definition) is 4. The van der Waals surface area contributed by atoms with Crippen LogP contribution in [0.3, 0.4) is 0 Å². The minimum Gasteiger partial charge on any atom is -0.426 e. The third kappa shape index (κ3) is 3.03. The summed E-state index contributed by atoms with van der Waals surface area (Å²) in [6, 6.07) is 6.83. The smallest absolute Gasteiger partial charge is 0.312 e. The second-order valence-electron chi connectivity index (χ2n) is 5.92. The van der Waals surface area contributed by atoms with E-state index in [1.54, 1.807) is 18.2 Å². The van der Waals surface area contributed by atoms with Crippen LogP contribution in [0.1, 0.15) is 30.9 Å². The van der Waals surface area contributed by atoms with Crippen LogP contribution < -0.4 is 15.6 Å². The molecule has 0 bridgehead atoms. The molecule has 2 heterocycles. The summed E-state index contributed by atoms with van der Waals surface area (Å²) >= 11 is 0. The Bertz CT molecular complexity index is 934. The largest absolute Gasteiger partial charge is 0.426 e. The molecule has 0 saturated heterocycles. The highest BCUT2D eigenvalue weighted by Gasteiger charge is 2.25. The average Bonchev–Trinajstić information content (AvgIpc) is 3.21. The van der Waals surface area contributed by atoms with E-state index in [4.69, 9.17) is 4.74 Å². The van der Waals surface area contributed by atoms with Gasteiger partial charge in [0.15, 0.2) is 0 Å². The molecule has 1 aliphatic rings. The van der Waals surface area contributed by atoms with Crippen molar-refractivity contribution in [2.24, 2.45) is 0 Å². The number of anilines is 1. The van der Waals surface area contributed by atoms with Crippen LogP contribution in [0.2, 0.25) is 0 Å². The molecule has 124 valence electrons. The number of aromatic nitrogens is 4. The van der Waals surface area contributed by atoms with Gasteiger partial charge < -0.3 is 10.1 Å². The Morgan fingerprint density at radius 2 is 2.17 bits per heavy atom. The second-order valence-corrected chi connectivity index (χ2v) is 5.92. The lowest BCUT2D eigenvalue weighted by atomic mass is 10.2. The summed E-state index contributed by atoms with van der Waals surface area (Å²) in [5.41, 5.74) is 1.55. The Morgan fingerprint density at radius 3 is 3.00 bits per heavy atom. The maximum atomic E-state index is 11.9. The van der Waals surface area contributed by atoms with E-state index in [0.717, 1.165) is 11.5 Å². The first-order valence-corrected chi connectivity index (χ1v) is 7.89. The van der Waals surface area contributed by atoms with Gasteiger partial charge in [0.1, 0.15) is 11.6 Å². The zero-order valence-corrected chi connectivity index (χ0v) is 12.9. The molecule has 0 spiro atoms. The third-order valence-corrected chi connectivity index (χ3v) is 4.03. The van der Waals surface area contributed by atoms with Crippen LogP contribution in [0.25, 0.3) is 10.9 Å². The van der Waals surface area contributed by atoms with Crippen LogP contribution >= 0.6 is 0 Å². The zero-order valence-electron chi connectivity index (χ0n) is 12.9. The summed E-state index contributed by atoms with van der Waals surface area (Å²) in [6.45, 7) is 0.441. The van der Waals surface area contributed by atoms with E-state index in [-0.39, 0.29) is 17.9 Å². The third-order valence-electron chi connectivity index (χ3n) is 4.03. The fourth-order valence-electron chi connectivity index (χ4n) is 2.59. The predicted molar refractivity (Wildman–Crippen MR) is 88.2 cm³/mol. The summed E-state index contributed by atoms with van der Waals surface area (Å²) < 4.78 is 5.28. The number of fused-ring (bicyclic) bond motifs is 1. The van der Waals surface area contributed by atoms with E-state index < -0.39 is 0 Å². The van der Waals surface area contributed by atoms with E-state index in [9.17, 15) is 9.59 Å². The Hall–Kier alpha value is -3.03. The van der Waals surface area contributed by atoms with Gasteiger partial charge in [0.05, 0.1) is 17.3 Å². The van der Waals surface area contributed by atoms with Gasteiger partial charge in [0, 0.05) is 30.3 Å². The highest BCUT2D eigenvalue weighted by molar-refractivity contribution is 5.81. The summed E-state index contributed by atoms with van der Waals surface area (Å²) in [6.07, 6.45) is 2.64. The molecule has 4 rings (SSSR count). The number of ether oxygens (including phenoxy) is 1. The summed E-state index contributed by atoms with van der Waals surface area (Å²) in [4.78, 5) is 23.3. The van der Waals surface area contributed by atoms with Gasteiger partial charge in [-0.25, -0.2) is 0 Å². The molecule has 0 aliphatic heterocycles. The number of nitrogens with zero attached hydrogens (tertiary/aromatic N) is 1. The molecule has 1 saturated carbocycles. The van der Waals surface area contributed by atoms with Crippen LogP contribution in [-0.2, 0) is 4.79 Å². The van der Waals surface area contributed by atoms with Gasteiger partial charge in [0.2, 0.25) is 0 Å². The van der Waals surface area contributed by atoms with E-state index in [1.165, 1.54) is 12.8 Å². The molecule has 0 amide bonds. The number of hydrogen-bond acceptors (Lipinski definition) is 5. The monoisotopic (exact) mass is 327 g/mol. The quantitative estimate of drug-likeness (QED) is 0.407. The predicted octanol–water partition coefficient (Wildman–Crippen LogP) is 1.86. The number of aromatic amines is 3. The molecule has 2 aromatic heterocycles. The van der Waals surface area contributed by atoms with Gasteiger partial charge in [-0.2, -0.15) is 5.10 Å². The van der Waals surface area contributed by atoms with Crippen LogP contribution in [0.4, 0.5) is 5.82 Å². The highest BCUT2D eigenvalue weighted by atomic mass is 16.5. The first-order chi connectivity index (χ1) is 11.7. The topological polar surface area (TPSA) is 116 Å². The number of H-pyrrole nitrogens is 3. The lowest BCUT2D eigenvalue weighted by Crippen LogP contribution is -2.14. The van der Waals surface area contributed by atoms with Gasteiger partial charge in [-0.15, -0.1) is 0 Å². The molecule has 8 nitrogen and oxygen atoms in total. The summed E-state index contributed by atoms with van der Waals surface area (Å²) in [7, 11) is 0. The summed E-state index contributed by atoms with van der Waals surface area (Å²) in [5, 5.41) is 16.0. The number of carbonyl (C=O) groups excluding carboxylic acids is 1. The fourth-order valence-corrected chi connectivity index (χ4v) is 2.59. The molecular weight excluding hydrogens is 310 g/mol. The van der Waals surface area contributed by atoms with Crippen molar-refractivity contribution in [1.29, 1.82) is 0 Å². The van der Waals surface area contributed by atoms with Crippen LogP contribution in [-0.4, -0.2) is 32.9 Å². The van der Waals surface area contributed by atoms with Crippen LogP contribution in [0, 0.1) is 0 Å². The molecule has 0 radical (unpaired) electrons. The molecule has 1 fully saturated rings. The molecule has 1 aromatic carbocycles. The lowest BCUT2D eigenvalue weighted by molar-refractivity contribution is -0.134. The van der Waals surface area contributed by atoms with Crippen molar-refractivity contribution >= 4 is 22.7 Å². The van der Waals surface area contributed by atoms with Crippen molar-refractivity contribution in [2.75, 3.05) is 11.9 Å². The minimum atomic E-state index is -0.349. The Balaban J connectivity index is 1.29. The van der Waals surface area contributed by atoms with E-state index >= 15 is 0 Å². The van der Waals surface area contributed by atoms with Crippen molar-refractivity contribution in [2.45, 2.75) is 25.2 Å². The van der Waals surface area contributed by atoms with Crippen molar-refractivity contribution in [3.05, 3.63) is 40.3 Å². The van der Waals surface area contributed by atoms with Crippen molar-refractivity contribution in [3.8, 4) is 5.75 Å². The van der Waals surface area contributed by atoms with Crippen LogP contribution in [0.5, 0.6) is 5.75 Å². The number of nitrogens with one attached hydrogen (secondary N) is 4. The standard InChI is InChI=1S/C16H17N5O3/c22-15(5-6-17-14-8-12(18-20-14)9-1-2-9)24-10-3-4-11-13(7-10)19-21-16(11)23/h3-4,7-9H,1-2,5-6H2,(H2,17,18,20)(H2,19,21,23). The van der Waals surface area contributed by atoms with Gasteiger partial charge in [-0.05, 0) is 25.0 Å². The number of rotatable bonds is 6. The molecule has 1 aliphatic carbocycles. The van der Waals surface area contributed by atoms with Crippen LogP contribution in [0.15, 0.2) is 29.1 Å². The zero-order chi connectivity index (χ0) is 16.5. The molecule has 3 aromatic rings. The second kappa shape index (κ2) is 5.88. The normalized spacial score (nSPS) is 14.0. The van der Waals surface area contributed by atoms with Gasteiger partial charge in [-0.3, -0.25) is 24.9 Å². The number of benzene rings is 1. The molecule has 8 heteroatoms. The maximum Gasteiger partial charge on any atom is 0.312 e. The molecule has 4 N–H and O–H groups in total. The van der Waals surface area contributed by atoms with E-state index in [0.29, 0.717) is 29.1 Å². The average molecular weight is 327 g/mol. The van der Waals surface area contributed by atoms with E-state index in [1.807, 2.05) is 6.07 Å². The van der Waals surface area contributed by atoms with Gasteiger partial charge in [0.25, 0.3) is 5.56 Å². The minimum absolute atomic E-state index is 0.198. The SMILES string of the molecule is O=C(CCNc1cc(C2CC2)[nH]n1)Oc1ccc2c(=O)[nH][nH]c2c1. The lowest BCUT2D eigenvalue weighted by Gasteiger charge is -2.05. The Kier molecular flexibility index (Phi) is 3.56. The summed E-state index contributed by atoms with van der Waals surface area (Å²) in [5.74, 6) is 1.42. The molecular formula is C16H17N5O3. The fraction of sp³-hybridized carbons (Fsp3) is 0.312. The Morgan fingerprint density at radius 1 is 1.29 bits per heavy atom. The van der Waals surface area contributed by atoms with Gasteiger partial charge >= 0.3 is 5.97 Å². The highest BCUT2D eigenvalue weighted by Crippen LogP contribution is 2.39. The number of esters is 1. The van der Waals surface area contributed by atoms with Gasteiger partial charge in [-0.1, -0.05) is 0 Å². The van der Waals surface area contributed by atoms with Crippen molar-refractivity contribution in [3.63, 3.8) is 0 Å². The van der Waals surface area contributed by atoms with Crippen molar-refractivity contribution < 1.29 is 9.53 Å². The molecule has 0 unspecified atom stereocenters. The molecule has 0 atom stereocenters. The number of carbonyl (C=O) groups is 1. The Labute approximate surface area is 136 Å². The molecule has 24 heavy (non-hydrogen) atoms. The maximum absolute atomic E-state index is 11.9. The van der Waals surface area contributed by atoms with Crippen molar-refractivity contribution in [1.82, 2.24) is 20.4 Å². The van der Waals surface area contributed by atoms with E-state index in [2.05, 4.69) is 25.7 Å². The first-order valence-electron chi connectivity index (χ1n) is 7.89.